The Morgan fingerprint density at radius 1 is 1.24 bits per heavy atom. The smallest absolute Gasteiger partial charge is 0.227 e. The van der Waals surface area contributed by atoms with Crippen LogP contribution >= 0.6 is 11.3 Å². The van der Waals surface area contributed by atoms with Crippen molar-refractivity contribution in [3.63, 3.8) is 0 Å². The average Bonchev–Trinajstić information content (AvgIpc) is 3.26. The maximum Gasteiger partial charge on any atom is 0.227 e. The minimum absolute atomic E-state index is 0.0192. The van der Waals surface area contributed by atoms with Crippen molar-refractivity contribution in [2.45, 2.75) is 25.3 Å². The molecule has 1 aliphatic heterocycles. The Labute approximate surface area is 150 Å². The van der Waals surface area contributed by atoms with E-state index < -0.39 is 0 Å². The number of hydrogen-bond donors (Lipinski definition) is 1. The molecule has 0 aliphatic carbocycles. The molecule has 0 spiro atoms. The monoisotopic (exact) mass is 352 g/mol. The van der Waals surface area contributed by atoms with Crippen molar-refractivity contribution in [3.05, 3.63) is 54.4 Å². The van der Waals surface area contributed by atoms with Gasteiger partial charge in [0.2, 0.25) is 5.91 Å². The highest BCUT2D eigenvalue weighted by Gasteiger charge is 2.27. The number of aromatic nitrogens is 2. The summed E-state index contributed by atoms with van der Waals surface area (Å²) < 4.78 is 1.09. The Hall–Kier alpha value is -2.31. The third-order valence-electron chi connectivity index (χ3n) is 4.56. The fraction of sp³-hybridized carbons (Fsp3) is 0.316. The largest absolute Gasteiger partial charge is 0.302 e. The lowest BCUT2D eigenvalue weighted by Crippen LogP contribution is -2.28. The summed E-state index contributed by atoms with van der Waals surface area (Å²) in [6.45, 7) is 1.77. The standard InChI is InChI=1S/C19H20N4OS/c24-18(22-19-21-15-7-1-2-9-17(15)25-19)10-13-23-12-5-8-16(23)14-6-3-4-11-20-14/h1-4,6-7,9,11,16H,5,8,10,12-13H2,(H,21,22,24)/t16-/m0/s1. The SMILES string of the molecule is O=C(CCN1CCC[C@H]1c1ccccn1)Nc1nc2ccccc2s1. The van der Waals surface area contributed by atoms with Crippen molar-refractivity contribution in [2.24, 2.45) is 0 Å². The van der Waals surface area contributed by atoms with Gasteiger partial charge in [-0.05, 0) is 43.7 Å². The molecule has 0 radical (unpaired) electrons. The Balaban J connectivity index is 1.35. The molecule has 128 valence electrons. The van der Waals surface area contributed by atoms with E-state index in [0.717, 1.165) is 41.8 Å². The second kappa shape index (κ2) is 7.29. The fourth-order valence-corrected chi connectivity index (χ4v) is 4.24. The highest BCUT2D eigenvalue weighted by atomic mass is 32.1. The molecular formula is C19H20N4OS. The predicted octanol–water partition coefficient (Wildman–Crippen LogP) is 3.86. The third-order valence-corrected chi connectivity index (χ3v) is 5.51. The van der Waals surface area contributed by atoms with E-state index in [1.165, 1.54) is 11.3 Å². The molecule has 0 unspecified atom stereocenters. The first kappa shape index (κ1) is 16.2. The van der Waals surface area contributed by atoms with Crippen molar-refractivity contribution in [1.82, 2.24) is 14.9 Å². The molecule has 25 heavy (non-hydrogen) atoms. The molecule has 3 aromatic rings. The van der Waals surface area contributed by atoms with Crippen LogP contribution < -0.4 is 5.32 Å². The number of fused-ring (bicyclic) bond motifs is 1. The molecule has 0 saturated carbocycles. The van der Waals surface area contributed by atoms with E-state index in [4.69, 9.17) is 0 Å². The summed E-state index contributed by atoms with van der Waals surface area (Å²) in [5, 5.41) is 3.61. The van der Waals surface area contributed by atoms with E-state index in [-0.39, 0.29) is 5.91 Å². The maximum atomic E-state index is 12.3. The molecule has 0 bridgehead atoms. The number of likely N-dealkylation sites (tertiary alicyclic amines) is 1. The van der Waals surface area contributed by atoms with Gasteiger partial charge in [-0.1, -0.05) is 29.5 Å². The van der Waals surface area contributed by atoms with Gasteiger partial charge in [0.25, 0.3) is 0 Å². The number of carbonyl (C=O) groups is 1. The van der Waals surface area contributed by atoms with E-state index in [9.17, 15) is 4.79 Å². The zero-order chi connectivity index (χ0) is 17.1. The van der Waals surface area contributed by atoms with Gasteiger partial charge in [-0.25, -0.2) is 4.98 Å². The highest BCUT2D eigenvalue weighted by molar-refractivity contribution is 7.22. The number of amides is 1. The van der Waals surface area contributed by atoms with Crippen molar-refractivity contribution in [3.8, 4) is 0 Å². The molecule has 1 aliphatic rings. The number of nitrogens with one attached hydrogen (secondary N) is 1. The summed E-state index contributed by atoms with van der Waals surface area (Å²) >= 11 is 1.51. The normalized spacial score (nSPS) is 17.8. The summed E-state index contributed by atoms with van der Waals surface area (Å²) in [7, 11) is 0. The number of hydrogen-bond acceptors (Lipinski definition) is 5. The number of pyridine rings is 1. The first-order valence-corrected chi connectivity index (χ1v) is 9.42. The quantitative estimate of drug-likeness (QED) is 0.757. The number of anilines is 1. The molecule has 1 fully saturated rings. The lowest BCUT2D eigenvalue weighted by molar-refractivity contribution is -0.116. The van der Waals surface area contributed by atoms with Crippen molar-refractivity contribution in [2.75, 3.05) is 18.4 Å². The molecule has 5 nitrogen and oxygen atoms in total. The number of thiazole rings is 1. The van der Waals surface area contributed by atoms with Crippen LogP contribution in [0.1, 0.15) is 31.0 Å². The predicted molar refractivity (Wildman–Crippen MR) is 101 cm³/mol. The Morgan fingerprint density at radius 3 is 2.96 bits per heavy atom. The lowest BCUT2D eigenvalue weighted by atomic mass is 10.1. The second-order valence-corrected chi connectivity index (χ2v) is 7.26. The Morgan fingerprint density at radius 2 is 2.12 bits per heavy atom. The fourth-order valence-electron chi connectivity index (χ4n) is 3.35. The summed E-state index contributed by atoms with van der Waals surface area (Å²) in [6.07, 6.45) is 4.57. The van der Waals surface area contributed by atoms with Gasteiger partial charge in [0.05, 0.1) is 22.0 Å². The van der Waals surface area contributed by atoms with Crippen LogP contribution in [-0.2, 0) is 4.79 Å². The number of para-hydroxylation sites is 1. The maximum absolute atomic E-state index is 12.3. The van der Waals surface area contributed by atoms with E-state index in [2.05, 4.69) is 26.3 Å². The van der Waals surface area contributed by atoms with E-state index in [1.807, 2.05) is 42.6 Å². The van der Waals surface area contributed by atoms with E-state index in [1.54, 1.807) is 0 Å². The van der Waals surface area contributed by atoms with E-state index in [0.29, 0.717) is 17.6 Å². The molecule has 6 heteroatoms. The zero-order valence-electron chi connectivity index (χ0n) is 13.9. The van der Waals surface area contributed by atoms with Crippen molar-refractivity contribution >= 4 is 32.6 Å². The first-order valence-electron chi connectivity index (χ1n) is 8.60. The van der Waals surface area contributed by atoms with Crippen LogP contribution in [0.4, 0.5) is 5.13 Å². The van der Waals surface area contributed by atoms with Gasteiger partial charge in [-0.15, -0.1) is 0 Å². The van der Waals surface area contributed by atoms with Crippen molar-refractivity contribution < 1.29 is 4.79 Å². The molecule has 1 aromatic carbocycles. The van der Waals surface area contributed by atoms with E-state index >= 15 is 0 Å². The Bertz CT molecular complexity index is 831. The van der Waals surface area contributed by atoms with Gasteiger partial charge in [0.15, 0.2) is 5.13 Å². The Kier molecular flexibility index (Phi) is 4.72. The molecule has 1 amide bonds. The van der Waals surface area contributed by atoms with Crippen LogP contribution in [0, 0.1) is 0 Å². The highest BCUT2D eigenvalue weighted by Crippen LogP contribution is 2.30. The molecule has 1 atom stereocenters. The molecular weight excluding hydrogens is 332 g/mol. The molecule has 1 N–H and O–H groups in total. The molecule has 1 saturated heterocycles. The number of rotatable bonds is 5. The van der Waals surface area contributed by atoms with Gasteiger partial charge >= 0.3 is 0 Å². The van der Waals surface area contributed by atoms with Crippen LogP contribution in [0.3, 0.4) is 0 Å². The van der Waals surface area contributed by atoms with Gasteiger partial charge in [-0.3, -0.25) is 14.7 Å². The van der Waals surface area contributed by atoms with Crippen LogP contribution in [0.15, 0.2) is 48.7 Å². The summed E-state index contributed by atoms with van der Waals surface area (Å²) in [5.74, 6) is 0.0192. The summed E-state index contributed by atoms with van der Waals surface area (Å²) in [4.78, 5) is 23.6. The second-order valence-electron chi connectivity index (χ2n) is 6.23. The van der Waals surface area contributed by atoms with Gasteiger partial charge < -0.3 is 5.32 Å². The number of benzene rings is 1. The lowest BCUT2D eigenvalue weighted by Gasteiger charge is -2.23. The average molecular weight is 352 g/mol. The van der Waals surface area contributed by atoms with Crippen LogP contribution in [0.5, 0.6) is 0 Å². The number of nitrogens with zero attached hydrogens (tertiary/aromatic N) is 3. The van der Waals surface area contributed by atoms with Crippen LogP contribution in [0.25, 0.3) is 10.2 Å². The molecule has 4 rings (SSSR count). The number of carbonyl (C=O) groups excluding carboxylic acids is 1. The van der Waals surface area contributed by atoms with Gasteiger partial charge in [0, 0.05) is 19.2 Å². The summed E-state index contributed by atoms with van der Waals surface area (Å²) in [6, 6.07) is 14.3. The first-order chi connectivity index (χ1) is 12.3. The summed E-state index contributed by atoms with van der Waals surface area (Å²) in [5.41, 5.74) is 2.03. The third kappa shape index (κ3) is 3.70. The van der Waals surface area contributed by atoms with Crippen LogP contribution in [0.2, 0.25) is 0 Å². The van der Waals surface area contributed by atoms with Crippen LogP contribution in [-0.4, -0.2) is 33.9 Å². The molecule has 3 heterocycles. The topological polar surface area (TPSA) is 58.1 Å². The zero-order valence-corrected chi connectivity index (χ0v) is 14.7. The van der Waals surface area contributed by atoms with Gasteiger partial charge in [0.1, 0.15) is 0 Å². The molecule has 2 aromatic heterocycles. The minimum atomic E-state index is 0.0192. The van der Waals surface area contributed by atoms with Gasteiger partial charge in [-0.2, -0.15) is 0 Å². The van der Waals surface area contributed by atoms with Crippen molar-refractivity contribution in [1.29, 1.82) is 0 Å². The minimum Gasteiger partial charge on any atom is -0.302 e.